The van der Waals surface area contributed by atoms with E-state index < -0.39 is 0 Å². The molecule has 0 atom stereocenters. The van der Waals surface area contributed by atoms with Crippen molar-refractivity contribution in [2.45, 2.75) is 51.9 Å². The van der Waals surface area contributed by atoms with Crippen molar-refractivity contribution in [2.75, 3.05) is 7.11 Å². The number of hydrogen-bond acceptors (Lipinski definition) is 7. The van der Waals surface area contributed by atoms with Gasteiger partial charge >= 0.3 is 5.97 Å². The number of aromatic nitrogens is 1. The molecule has 1 N–H and O–H groups in total. The smallest absolute Gasteiger partial charge is 0.311 e. The Hall–Kier alpha value is -2.93. The summed E-state index contributed by atoms with van der Waals surface area (Å²) in [6.07, 6.45) is 8.62. The van der Waals surface area contributed by atoms with E-state index in [2.05, 4.69) is 16.9 Å². The van der Waals surface area contributed by atoms with Crippen LogP contribution in [0.1, 0.15) is 57.4 Å². The van der Waals surface area contributed by atoms with Gasteiger partial charge in [-0.15, -0.1) is 0 Å². The second kappa shape index (κ2) is 11.5. The number of methoxy groups -OCH3 is 1. The van der Waals surface area contributed by atoms with Crippen LogP contribution in [0.15, 0.2) is 41.4 Å². The summed E-state index contributed by atoms with van der Waals surface area (Å²) in [4.78, 5) is 20.8. The number of carbonyl (C=O) groups excluding carboxylic acids is 1. The molecule has 0 spiro atoms. The molecule has 0 radical (unpaired) electrons. The molecule has 164 valence electrons. The Morgan fingerprint density at radius 1 is 1.10 bits per heavy atom. The van der Waals surface area contributed by atoms with E-state index in [0.717, 1.165) is 35.2 Å². The molecule has 2 aromatic carbocycles. The second-order valence-electron chi connectivity index (χ2n) is 7.30. The summed E-state index contributed by atoms with van der Waals surface area (Å²) in [6, 6.07) is 10.4. The number of carbonyl (C=O) groups is 1. The summed E-state index contributed by atoms with van der Waals surface area (Å²) in [5.41, 5.74) is 1.36. The fourth-order valence-corrected chi connectivity index (χ4v) is 3.97. The molecule has 0 saturated carbocycles. The molecule has 1 heterocycles. The van der Waals surface area contributed by atoms with Gasteiger partial charge in [-0.3, -0.25) is 4.79 Å². The molecule has 0 aliphatic rings. The molecule has 31 heavy (non-hydrogen) atoms. The summed E-state index contributed by atoms with van der Waals surface area (Å²) >= 11 is 1.44. The minimum Gasteiger partial charge on any atom is -0.507 e. The number of esters is 1. The lowest BCUT2D eigenvalue weighted by atomic mass is 10.1. The van der Waals surface area contributed by atoms with Crippen LogP contribution < -0.4 is 9.47 Å². The van der Waals surface area contributed by atoms with Gasteiger partial charge in [0.15, 0.2) is 0 Å². The van der Waals surface area contributed by atoms with Crippen molar-refractivity contribution in [3.8, 4) is 17.2 Å². The van der Waals surface area contributed by atoms with Crippen molar-refractivity contribution in [1.29, 1.82) is 0 Å². The summed E-state index contributed by atoms with van der Waals surface area (Å²) < 4.78 is 11.5. The molecule has 0 unspecified atom stereocenters. The van der Waals surface area contributed by atoms with Crippen LogP contribution in [0, 0.1) is 0 Å². The number of aliphatic imine (C=N–C) groups is 1. The van der Waals surface area contributed by atoms with Gasteiger partial charge in [-0.1, -0.05) is 50.4 Å². The summed E-state index contributed by atoms with van der Waals surface area (Å²) in [7, 11) is 1.62. The highest BCUT2D eigenvalue weighted by molar-refractivity contribution is 7.22. The zero-order valence-corrected chi connectivity index (χ0v) is 18.8. The number of phenols is 1. The number of phenolic OH excluding ortho intramolecular Hbond substituents is 1. The summed E-state index contributed by atoms with van der Waals surface area (Å²) in [6.45, 7) is 2.18. The van der Waals surface area contributed by atoms with Crippen LogP contribution >= 0.6 is 11.3 Å². The number of ether oxygens (including phenoxy) is 2. The van der Waals surface area contributed by atoms with E-state index in [1.165, 1.54) is 36.7 Å². The lowest BCUT2D eigenvalue weighted by Gasteiger charge is -2.06. The van der Waals surface area contributed by atoms with E-state index in [4.69, 9.17) is 9.47 Å². The van der Waals surface area contributed by atoms with Gasteiger partial charge in [0, 0.05) is 24.3 Å². The van der Waals surface area contributed by atoms with Crippen LogP contribution in [-0.4, -0.2) is 29.4 Å². The molecule has 0 amide bonds. The van der Waals surface area contributed by atoms with Crippen molar-refractivity contribution >= 4 is 38.9 Å². The van der Waals surface area contributed by atoms with Gasteiger partial charge < -0.3 is 14.6 Å². The van der Waals surface area contributed by atoms with Gasteiger partial charge in [-0.2, -0.15) is 0 Å². The number of benzene rings is 2. The molecule has 6 nitrogen and oxygen atoms in total. The summed E-state index contributed by atoms with van der Waals surface area (Å²) in [5, 5.41) is 10.9. The topological polar surface area (TPSA) is 81.0 Å². The first-order valence-electron chi connectivity index (χ1n) is 10.6. The number of hydrogen-bond donors (Lipinski definition) is 1. The zero-order chi connectivity index (χ0) is 22.1. The largest absolute Gasteiger partial charge is 0.507 e. The average molecular weight is 441 g/mol. The lowest BCUT2D eigenvalue weighted by Crippen LogP contribution is -2.07. The fraction of sp³-hybridized carbons (Fsp3) is 0.375. The molecule has 3 aromatic rings. The third-order valence-electron chi connectivity index (χ3n) is 4.87. The Labute approximate surface area is 186 Å². The number of nitrogens with zero attached hydrogens (tertiary/aromatic N) is 2. The maximum absolute atomic E-state index is 12.0. The van der Waals surface area contributed by atoms with Gasteiger partial charge in [-0.05, 0) is 36.8 Å². The van der Waals surface area contributed by atoms with Crippen LogP contribution in [0.4, 0.5) is 5.13 Å². The Bertz CT molecular complexity index is 1050. The molecule has 0 saturated heterocycles. The first-order chi connectivity index (χ1) is 15.1. The third kappa shape index (κ3) is 6.79. The van der Waals surface area contributed by atoms with Crippen LogP contribution in [0.25, 0.3) is 10.2 Å². The second-order valence-corrected chi connectivity index (χ2v) is 8.31. The van der Waals surface area contributed by atoms with Gasteiger partial charge in [-0.25, -0.2) is 9.98 Å². The van der Waals surface area contributed by atoms with E-state index >= 15 is 0 Å². The summed E-state index contributed by atoms with van der Waals surface area (Å²) in [5.74, 6) is 0.821. The molecular formula is C24H28N2O4S. The van der Waals surface area contributed by atoms with Crippen molar-refractivity contribution in [1.82, 2.24) is 4.98 Å². The Morgan fingerprint density at radius 2 is 1.87 bits per heavy atom. The first kappa shape index (κ1) is 22.7. The van der Waals surface area contributed by atoms with Crippen LogP contribution in [-0.2, 0) is 4.79 Å². The first-order valence-corrected chi connectivity index (χ1v) is 11.4. The normalized spacial score (nSPS) is 11.3. The van der Waals surface area contributed by atoms with Crippen molar-refractivity contribution in [3.63, 3.8) is 0 Å². The van der Waals surface area contributed by atoms with Crippen LogP contribution in [0.2, 0.25) is 0 Å². The minimum atomic E-state index is -0.277. The maximum Gasteiger partial charge on any atom is 0.311 e. The number of fused-ring (bicyclic) bond motifs is 1. The highest BCUT2D eigenvalue weighted by atomic mass is 32.1. The number of unbranched alkanes of at least 4 members (excludes halogenated alkanes) is 5. The Morgan fingerprint density at radius 3 is 2.65 bits per heavy atom. The van der Waals surface area contributed by atoms with Crippen LogP contribution in [0.5, 0.6) is 17.2 Å². The number of rotatable bonds is 11. The quantitative estimate of drug-likeness (QED) is 0.161. The highest BCUT2D eigenvalue weighted by Gasteiger charge is 2.08. The van der Waals surface area contributed by atoms with Crippen molar-refractivity contribution in [3.05, 3.63) is 42.0 Å². The lowest BCUT2D eigenvalue weighted by molar-refractivity contribution is -0.134. The van der Waals surface area contributed by atoms with E-state index in [-0.39, 0.29) is 11.7 Å². The zero-order valence-electron chi connectivity index (χ0n) is 18.0. The van der Waals surface area contributed by atoms with E-state index in [0.29, 0.717) is 22.9 Å². The molecular weight excluding hydrogens is 412 g/mol. The number of thiazole rings is 1. The molecule has 7 heteroatoms. The van der Waals surface area contributed by atoms with E-state index in [1.807, 2.05) is 18.2 Å². The van der Waals surface area contributed by atoms with Gasteiger partial charge in [0.2, 0.25) is 5.13 Å². The standard InChI is InChI=1S/C24H28N2O4S/c1-3-4-5-6-7-8-9-23(28)30-19-11-10-17(21(27)14-19)16-25-24-26-20-13-12-18(29-2)15-22(20)31-24/h10-16,27H,3-9H2,1-2H3/b25-16+. The Balaban J connectivity index is 1.55. The molecule has 3 rings (SSSR count). The predicted octanol–water partition coefficient (Wildman–Crippen LogP) is 6.42. The van der Waals surface area contributed by atoms with Gasteiger partial charge in [0.25, 0.3) is 0 Å². The van der Waals surface area contributed by atoms with E-state index in [1.54, 1.807) is 25.5 Å². The predicted molar refractivity (Wildman–Crippen MR) is 125 cm³/mol. The molecule has 1 aromatic heterocycles. The fourth-order valence-electron chi connectivity index (χ4n) is 3.13. The third-order valence-corrected chi connectivity index (χ3v) is 5.79. The number of aromatic hydroxyl groups is 1. The Kier molecular flexibility index (Phi) is 8.41. The van der Waals surface area contributed by atoms with Crippen molar-refractivity contribution in [2.24, 2.45) is 4.99 Å². The molecule has 0 fully saturated rings. The molecule has 0 bridgehead atoms. The average Bonchev–Trinajstić information content (AvgIpc) is 3.17. The SMILES string of the molecule is CCCCCCCCC(=O)Oc1ccc(/C=N/c2nc3ccc(OC)cc3s2)c(O)c1. The minimum absolute atomic E-state index is 0.00334. The maximum atomic E-state index is 12.0. The monoisotopic (exact) mass is 440 g/mol. The van der Waals surface area contributed by atoms with Gasteiger partial charge in [0.05, 0.1) is 17.3 Å². The van der Waals surface area contributed by atoms with E-state index in [9.17, 15) is 9.90 Å². The molecule has 0 aliphatic carbocycles. The van der Waals surface area contributed by atoms with Crippen LogP contribution in [0.3, 0.4) is 0 Å². The highest BCUT2D eigenvalue weighted by Crippen LogP contribution is 2.31. The van der Waals surface area contributed by atoms with Gasteiger partial charge in [0.1, 0.15) is 17.2 Å². The molecule has 0 aliphatic heterocycles. The van der Waals surface area contributed by atoms with Crippen molar-refractivity contribution < 1.29 is 19.4 Å².